The smallest absolute Gasteiger partial charge is 0.240 e. The number of sulfonamides is 1. The number of nitrogens with one attached hydrogen (secondary N) is 2. The Bertz CT molecular complexity index is 654. The van der Waals surface area contributed by atoms with Crippen LogP contribution in [0.25, 0.3) is 0 Å². The van der Waals surface area contributed by atoms with Crippen molar-refractivity contribution in [2.24, 2.45) is 0 Å². The minimum absolute atomic E-state index is 0.208. The van der Waals surface area contributed by atoms with Gasteiger partial charge in [0, 0.05) is 30.4 Å². The first-order chi connectivity index (χ1) is 8.99. The van der Waals surface area contributed by atoms with Crippen LogP contribution in [0.1, 0.15) is 11.4 Å². The van der Waals surface area contributed by atoms with Crippen LogP contribution in [0.4, 0.5) is 0 Å². The first kappa shape index (κ1) is 14.0. The minimum Gasteiger partial charge on any atom is -0.349 e. The SMILES string of the molecule is Cc1ccc(Cl)cc1S(=O)(=O)NCCc1ncc[nH]1. The summed E-state index contributed by atoms with van der Waals surface area (Å²) in [6, 6.07) is 4.80. The van der Waals surface area contributed by atoms with E-state index in [0.717, 1.165) is 5.82 Å². The van der Waals surface area contributed by atoms with E-state index in [4.69, 9.17) is 11.6 Å². The summed E-state index contributed by atoms with van der Waals surface area (Å²) in [7, 11) is -3.54. The Morgan fingerprint density at radius 2 is 2.21 bits per heavy atom. The van der Waals surface area contributed by atoms with Gasteiger partial charge in [0.2, 0.25) is 10.0 Å². The van der Waals surface area contributed by atoms with Crippen molar-refractivity contribution in [3.63, 3.8) is 0 Å². The van der Waals surface area contributed by atoms with Gasteiger partial charge >= 0.3 is 0 Å². The molecule has 2 N–H and O–H groups in total. The Morgan fingerprint density at radius 3 is 2.89 bits per heavy atom. The Kier molecular flexibility index (Phi) is 4.24. The average molecular weight is 300 g/mol. The zero-order chi connectivity index (χ0) is 13.9. The molecule has 0 spiro atoms. The lowest BCUT2D eigenvalue weighted by molar-refractivity contribution is 0.580. The fourth-order valence-corrected chi connectivity index (χ4v) is 3.22. The number of hydrogen-bond donors (Lipinski definition) is 2. The molecule has 0 aliphatic heterocycles. The summed E-state index contributed by atoms with van der Waals surface area (Å²) in [6.45, 7) is 2.01. The Hall–Kier alpha value is -1.37. The van der Waals surface area contributed by atoms with Crippen molar-refractivity contribution in [1.82, 2.24) is 14.7 Å². The summed E-state index contributed by atoms with van der Waals surface area (Å²) in [5.41, 5.74) is 0.662. The average Bonchev–Trinajstić information content (AvgIpc) is 2.85. The molecule has 2 rings (SSSR count). The quantitative estimate of drug-likeness (QED) is 0.885. The van der Waals surface area contributed by atoms with Gasteiger partial charge < -0.3 is 4.98 Å². The van der Waals surface area contributed by atoms with Crippen molar-refractivity contribution in [3.8, 4) is 0 Å². The third-order valence-electron chi connectivity index (χ3n) is 2.65. The molecule has 0 bridgehead atoms. The highest BCUT2D eigenvalue weighted by Crippen LogP contribution is 2.19. The molecular weight excluding hydrogens is 286 g/mol. The monoisotopic (exact) mass is 299 g/mol. The van der Waals surface area contributed by atoms with Crippen LogP contribution in [-0.4, -0.2) is 24.9 Å². The second-order valence-electron chi connectivity index (χ2n) is 4.09. The fraction of sp³-hybridized carbons (Fsp3) is 0.250. The van der Waals surface area contributed by atoms with Crippen LogP contribution in [0.5, 0.6) is 0 Å². The number of H-pyrrole nitrogens is 1. The highest BCUT2D eigenvalue weighted by molar-refractivity contribution is 7.89. The van der Waals surface area contributed by atoms with Gasteiger partial charge in [-0.2, -0.15) is 0 Å². The largest absolute Gasteiger partial charge is 0.349 e. The lowest BCUT2D eigenvalue weighted by Crippen LogP contribution is -2.26. The summed E-state index contributed by atoms with van der Waals surface area (Å²) in [5.74, 6) is 0.741. The van der Waals surface area contributed by atoms with E-state index in [1.807, 2.05) is 0 Å². The second-order valence-corrected chi connectivity index (χ2v) is 6.27. The highest BCUT2D eigenvalue weighted by Gasteiger charge is 2.16. The van der Waals surface area contributed by atoms with Gasteiger partial charge in [-0.05, 0) is 24.6 Å². The molecule has 1 heterocycles. The maximum Gasteiger partial charge on any atom is 0.240 e. The lowest BCUT2D eigenvalue weighted by atomic mass is 10.2. The van der Waals surface area contributed by atoms with E-state index in [2.05, 4.69) is 14.7 Å². The number of rotatable bonds is 5. The molecular formula is C12H14ClN3O2S. The molecule has 0 atom stereocenters. The number of aromatic nitrogens is 2. The van der Waals surface area contributed by atoms with Gasteiger partial charge in [0.1, 0.15) is 5.82 Å². The van der Waals surface area contributed by atoms with Crippen molar-refractivity contribution in [3.05, 3.63) is 47.0 Å². The number of nitrogens with zero attached hydrogens (tertiary/aromatic N) is 1. The van der Waals surface area contributed by atoms with E-state index in [0.29, 0.717) is 17.0 Å². The Morgan fingerprint density at radius 1 is 1.42 bits per heavy atom. The van der Waals surface area contributed by atoms with Gasteiger partial charge in [-0.3, -0.25) is 0 Å². The number of aromatic amines is 1. The van der Waals surface area contributed by atoms with Gasteiger partial charge in [-0.1, -0.05) is 17.7 Å². The third kappa shape index (κ3) is 3.56. The van der Waals surface area contributed by atoms with Crippen LogP contribution in [0, 0.1) is 6.92 Å². The molecule has 1 aromatic heterocycles. The van der Waals surface area contributed by atoms with Crippen LogP contribution in [0.15, 0.2) is 35.5 Å². The normalized spacial score (nSPS) is 11.7. The molecule has 19 heavy (non-hydrogen) atoms. The molecule has 0 saturated heterocycles. The number of imidazole rings is 1. The summed E-state index contributed by atoms with van der Waals surface area (Å²) in [5, 5.41) is 0.400. The van der Waals surface area contributed by atoms with Crippen molar-refractivity contribution in [2.75, 3.05) is 6.54 Å². The van der Waals surface area contributed by atoms with Gasteiger partial charge in [-0.25, -0.2) is 18.1 Å². The topological polar surface area (TPSA) is 74.8 Å². The zero-order valence-corrected chi connectivity index (χ0v) is 11.9. The van der Waals surface area contributed by atoms with E-state index < -0.39 is 10.0 Å². The Labute approximate surface area is 117 Å². The minimum atomic E-state index is -3.54. The van der Waals surface area contributed by atoms with Crippen molar-refractivity contribution < 1.29 is 8.42 Å². The van der Waals surface area contributed by atoms with Crippen LogP contribution in [0.3, 0.4) is 0 Å². The molecule has 2 aromatic rings. The van der Waals surface area contributed by atoms with Gasteiger partial charge in [0.25, 0.3) is 0 Å². The van der Waals surface area contributed by atoms with Crippen LogP contribution >= 0.6 is 11.6 Å². The molecule has 0 aliphatic rings. The predicted molar refractivity (Wildman–Crippen MR) is 73.7 cm³/mol. The molecule has 5 nitrogen and oxygen atoms in total. The second kappa shape index (κ2) is 5.73. The Balaban J connectivity index is 2.07. The number of hydrogen-bond acceptors (Lipinski definition) is 3. The van der Waals surface area contributed by atoms with E-state index >= 15 is 0 Å². The van der Waals surface area contributed by atoms with Crippen molar-refractivity contribution in [1.29, 1.82) is 0 Å². The maximum atomic E-state index is 12.1. The van der Waals surface area contributed by atoms with Gasteiger partial charge in [0.05, 0.1) is 4.90 Å². The van der Waals surface area contributed by atoms with E-state index in [9.17, 15) is 8.42 Å². The molecule has 0 amide bonds. The molecule has 1 aromatic carbocycles. The molecule has 0 radical (unpaired) electrons. The molecule has 102 valence electrons. The summed E-state index contributed by atoms with van der Waals surface area (Å²) < 4.78 is 26.8. The van der Waals surface area contributed by atoms with Crippen LogP contribution in [0.2, 0.25) is 5.02 Å². The van der Waals surface area contributed by atoms with Gasteiger partial charge in [-0.15, -0.1) is 0 Å². The van der Waals surface area contributed by atoms with Crippen molar-refractivity contribution in [2.45, 2.75) is 18.2 Å². The fourth-order valence-electron chi connectivity index (χ4n) is 1.68. The first-order valence-corrected chi connectivity index (χ1v) is 7.59. The summed E-state index contributed by atoms with van der Waals surface area (Å²) in [6.07, 6.45) is 3.84. The molecule has 0 saturated carbocycles. The van der Waals surface area contributed by atoms with Crippen LogP contribution in [-0.2, 0) is 16.4 Å². The molecule has 0 fully saturated rings. The third-order valence-corrected chi connectivity index (χ3v) is 4.49. The van der Waals surface area contributed by atoms with Crippen LogP contribution < -0.4 is 4.72 Å². The number of benzene rings is 1. The number of aryl methyl sites for hydroxylation is 1. The maximum absolute atomic E-state index is 12.1. The predicted octanol–water partition coefficient (Wildman–Crippen LogP) is 1.89. The van der Waals surface area contributed by atoms with E-state index in [1.165, 1.54) is 6.07 Å². The standard InChI is InChI=1S/C12H14ClN3O2S/c1-9-2-3-10(13)8-11(9)19(17,18)16-5-4-12-14-6-7-15-12/h2-3,6-8,16H,4-5H2,1H3,(H,14,15). The number of halogens is 1. The highest BCUT2D eigenvalue weighted by atomic mass is 35.5. The molecule has 7 heteroatoms. The lowest BCUT2D eigenvalue weighted by Gasteiger charge is -2.09. The summed E-state index contributed by atoms with van der Waals surface area (Å²) in [4.78, 5) is 7.15. The van der Waals surface area contributed by atoms with Crippen molar-refractivity contribution >= 4 is 21.6 Å². The molecule has 0 aliphatic carbocycles. The van der Waals surface area contributed by atoms with E-state index in [1.54, 1.807) is 31.5 Å². The summed E-state index contributed by atoms with van der Waals surface area (Å²) >= 11 is 5.83. The molecule has 0 unspecified atom stereocenters. The van der Waals surface area contributed by atoms with Gasteiger partial charge in [0.15, 0.2) is 0 Å². The van der Waals surface area contributed by atoms with E-state index in [-0.39, 0.29) is 11.4 Å². The zero-order valence-electron chi connectivity index (χ0n) is 10.4. The first-order valence-electron chi connectivity index (χ1n) is 5.73.